The molecule has 0 radical (unpaired) electrons. The monoisotopic (exact) mass is 439 g/mol. The number of benzene rings is 2. The van der Waals surface area contributed by atoms with Crippen molar-refractivity contribution in [2.24, 2.45) is 0 Å². The van der Waals surface area contributed by atoms with Crippen LogP contribution >= 0.6 is 11.8 Å². The molecular formula is C21H18FN5O3S. The van der Waals surface area contributed by atoms with Crippen LogP contribution in [0.2, 0.25) is 0 Å². The Labute approximate surface area is 180 Å². The summed E-state index contributed by atoms with van der Waals surface area (Å²) >= 11 is 1.10. The molecule has 2 heterocycles. The lowest BCUT2D eigenvalue weighted by Gasteiger charge is -2.21. The summed E-state index contributed by atoms with van der Waals surface area (Å²) in [6, 6.07) is 13.2. The third-order valence-electron chi connectivity index (χ3n) is 4.44. The van der Waals surface area contributed by atoms with Gasteiger partial charge in [-0.1, -0.05) is 30.0 Å². The van der Waals surface area contributed by atoms with E-state index in [1.165, 1.54) is 17.0 Å². The van der Waals surface area contributed by atoms with Crippen molar-refractivity contribution in [3.8, 4) is 0 Å². The number of nitrogens with zero attached hydrogens (tertiary/aromatic N) is 4. The Balaban J connectivity index is 1.52. The zero-order valence-electron chi connectivity index (χ0n) is 16.5. The summed E-state index contributed by atoms with van der Waals surface area (Å²) in [6.07, 6.45) is 0. The average molecular weight is 439 g/mol. The largest absolute Gasteiger partial charge is 0.465 e. The molecule has 8 nitrogen and oxygen atoms in total. The van der Waals surface area contributed by atoms with E-state index in [0.29, 0.717) is 27.8 Å². The second-order valence-electron chi connectivity index (χ2n) is 6.52. The molecule has 0 aliphatic heterocycles. The van der Waals surface area contributed by atoms with E-state index in [4.69, 9.17) is 4.74 Å². The van der Waals surface area contributed by atoms with Crippen LogP contribution in [0.3, 0.4) is 0 Å². The van der Waals surface area contributed by atoms with Gasteiger partial charge in [0, 0.05) is 16.6 Å². The van der Waals surface area contributed by atoms with Crippen molar-refractivity contribution in [3.63, 3.8) is 0 Å². The van der Waals surface area contributed by atoms with Crippen molar-refractivity contribution >= 4 is 51.4 Å². The maximum absolute atomic E-state index is 13.5. The van der Waals surface area contributed by atoms with Gasteiger partial charge in [0.1, 0.15) is 17.9 Å². The number of fused-ring (bicyclic) bond motifs is 3. The lowest BCUT2D eigenvalue weighted by molar-refractivity contribution is -0.142. The molecule has 0 aliphatic rings. The van der Waals surface area contributed by atoms with E-state index < -0.39 is 5.97 Å². The molecule has 0 unspecified atom stereocenters. The van der Waals surface area contributed by atoms with Crippen LogP contribution in [0.25, 0.3) is 22.1 Å². The first-order valence-corrected chi connectivity index (χ1v) is 10.5. The summed E-state index contributed by atoms with van der Waals surface area (Å²) in [5.41, 5.74) is 2.20. The molecule has 10 heteroatoms. The number of rotatable bonds is 7. The topological polar surface area (TPSA) is 101 Å². The first-order valence-electron chi connectivity index (χ1n) is 9.50. The minimum atomic E-state index is -0.491. The SMILES string of the molecule is CCOC(=O)CN(C(=O)CSc1nnc2c(n1)[nH]c1ccc(F)cc12)c1ccccc1. The Morgan fingerprint density at radius 2 is 1.97 bits per heavy atom. The molecule has 4 rings (SSSR count). The number of halogens is 1. The van der Waals surface area contributed by atoms with Crippen LogP contribution in [0.15, 0.2) is 53.7 Å². The Hall–Kier alpha value is -3.53. The van der Waals surface area contributed by atoms with Gasteiger partial charge in [-0.05, 0) is 37.3 Å². The molecule has 2 aromatic carbocycles. The van der Waals surface area contributed by atoms with Gasteiger partial charge in [-0.15, -0.1) is 10.2 Å². The Bertz CT molecular complexity index is 1250. The van der Waals surface area contributed by atoms with Gasteiger partial charge in [-0.25, -0.2) is 9.37 Å². The Morgan fingerprint density at radius 3 is 2.74 bits per heavy atom. The second-order valence-corrected chi connectivity index (χ2v) is 7.46. The fraction of sp³-hybridized carbons (Fsp3) is 0.190. The maximum atomic E-state index is 13.5. The molecular weight excluding hydrogens is 421 g/mol. The highest BCUT2D eigenvalue weighted by Gasteiger charge is 2.21. The summed E-state index contributed by atoms with van der Waals surface area (Å²) < 4.78 is 18.5. The zero-order valence-corrected chi connectivity index (χ0v) is 17.4. The van der Waals surface area contributed by atoms with Gasteiger partial charge in [0.05, 0.1) is 12.4 Å². The molecule has 1 N–H and O–H groups in total. The average Bonchev–Trinajstić information content (AvgIpc) is 3.13. The Kier molecular flexibility index (Phi) is 6.08. The molecule has 31 heavy (non-hydrogen) atoms. The van der Waals surface area contributed by atoms with Crippen molar-refractivity contribution in [2.75, 3.05) is 23.8 Å². The van der Waals surface area contributed by atoms with E-state index in [-0.39, 0.29) is 35.8 Å². The fourth-order valence-corrected chi connectivity index (χ4v) is 3.72. The highest BCUT2D eigenvalue weighted by molar-refractivity contribution is 7.99. The molecule has 0 fully saturated rings. The quantitative estimate of drug-likeness (QED) is 0.348. The van der Waals surface area contributed by atoms with Crippen molar-refractivity contribution < 1.29 is 18.7 Å². The summed E-state index contributed by atoms with van der Waals surface area (Å²) in [5, 5.41) is 9.06. The highest BCUT2D eigenvalue weighted by Crippen LogP contribution is 2.25. The number of amides is 1. The third-order valence-corrected chi connectivity index (χ3v) is 5.27. The van der Waals surface area contributed by atoms with E-state index in [0.717, 1.165) is 11.8 Å². The van der Waals surface area contributed by atoms with Gasteiger partial charge in [-0.2, -0.15) is 0 Å². The van der Waals surface area contributed by atoms with Gasteiger partial charge >= 0.3 is 5.97 Å². The van der Waals surface area contributed by atoms with E-state index in [2.05, 4.69) is 20.2 Å². The van der Waals surface area contributed by atoms with Gasteiger partial charge in [0.25, 0.3) is 0 Å². The minimum absolute atomic E-state index is 0.00363. The van der Waals surface area contributed by atoms with E-state index in [1.54, 1.807) is 37.3 Å². The van der Waals surface area contributed by atoms with Crippen molar-refractivity contribution in [1.82, 2.24) is 20.2 Å². The predicted octanol–water partition coefficient (Wildman–Crippen LogP) is 3.33. The number of ether oxygens (including phenoxy) is 1. The number of aromatic amines is 1. The van der Waals surface area contributed by atoms with Crippen LogP contribution in [-0.2, 0) is 14.3 Å². The standard InChI is InChI=1S/C21H18FN5O3S/c1-2-30-18(29)11-27(14-6-4-3-5-7-14)17(28)12-31-21-24-20-19(25-26-21)15-10-13(22)8-9-16(15)23-20/h3-10H,2,11-12H2,1H3,(H,23,24,26). The van der Waals surface area contributed by atoms with Crippen molar-refractivity contribution in [2.45, 2.75) is 12.1 Å². The number of H-pyrrole nitrogens is 1. The summed E-state index contributed by atoms with van der Waals surface area (Å²) in [7, 11) is 0. The normalized spacial score (nSPS) is 11.0. The molecule has 4 aromatic rings. The predicted molar refractivity (Wildman–Crippen MR) is 115 cm³/mol. The second kappa shape index (κ2) is 9.09. The van der Waals surface area contributed by atoms with Crippen LogP contribution in [0.4, 0.5) is 10.1 Å². The number of carbonyl (C=O) groups excluding carboxylic acids is 2. The van der Waals surface area contributed by atoms with Crippen molar-refractivity contribution in [1.29, 1.82) is 0 Å². The first-order chi connectivity index (χ1) is 15.0. The highest BCUT2D eigenvalue weighted by atomic mass is 32.2. The van der Waals surface area contributed by atoms with Gasteiger partial charge in [0.15, 0.2) is 5.65 Å². The molecule has 2 aromatic heterocycles. The van der Waals surface area contributed by atoms with Crippen molar-refractivity contribution in [3.05, 3.63) is 54.3 Å². The summed E-state index contributed by atoms with van der Waals surface area (Å²) in [4.78, 5) is 33.7. The van der Waals surface area contributed by atoms with Crippen LogP contribution in [-0.4, -0.2) is 50.9 Å². The smallest absolute Gasteiger partial charge is 0.326 e. The molecule has 0 atom stereocenters. The fourth-order valence-electron chi connectivity index (χ4n) is 3.06. The number of aromatic nitrogens is 4. The van der Waals surface area contributed by atoms with E-state index in [1.807, 2.05) is 6.07 Å². The molecule has 0 saturated carbocycles. The minimum Gasteiger partial charge on any atom is -0.465 e. The van der Waals surface area contributed by atoms with Crippen LogP contribution in [0.1, 0.15) is 6.92 Å². The third kappa shape index (κ3) is 4.64. The first kappa shape index (κ1) is 20.7. The number of esters is 1. The number of hydrogen-bond donors (Lipinski definition) is 1. The molecule has 0 saturated heterocycles. The molecule has 158 valence electrons. The number of nitrogens with one attached hydrogen (secondary N) is 1. The number of anilines is 1. The molecule has 1 amide bonds. The van der Waals surface area contributed by atoms with Gasteiger partial charge in [-0.3, -0.25) is 9.59 Å². The van der Waals surface area contributed by atoms with E-state index in [9.17, 15) is 14.0 Å². The van der Waals surface area contributed by atoms with Crippen LogP contribution < -0.4 is 4.90 Å². The maximum Gasteiger partial charge on any atom is 0.326 e. The van der Waals surface area contributed by atoms with E-state index >= 15 is 0 Å². The lowest BCUT2D eigenvalue weighted by Crippen LogP contribution is -2.37. The molecule has 0 bridgehead atoms. The summed E-state index contributed by atoms with van der Waals surface area (Å²) in [5.74, 6) is -1.17. The van der Waals surface area contributed by atoms with Gasteiger partial charge < -0.3 is 14.6 Å². The molecule has 0 aliphatic carbocycles. The zero-order chi connectivity index (χ0) is 21.8. The van der Waals surface area contributed by atoms with Gasteiger partial charge in [0.2, 0.25) is 11.1 Å². The number of thioether (sulfide) groups is 1. The van der Waals surface area contributed by atoms with Crippen LogP contribution in [0.5, 0.6) is 0 Å². The lowest BCUT2D eigenvalue weighted by atomic mass is 10.2. The molecule has 0 spiro atoms. The number of para-hydroxylation sites is 1. The number of hydrogen-bond acceptors (Lipinski definition) is 7. The number of carbonyl (C=O) groups is 2. The van der Waals surface area contributed by atoms with Crippen LogP contribution in [0, 0.1) is 5.82 Å². The Morgan fingerprint density at radius 1 is 1.16 bits per heavy atom. The summed E-state index contributed by atoms with van der Waals surface area (Å²) in [6.45, 7) is 1.75.